The van der Waals surface area contributed by atoms with Crippen LogP contribution in [0.25, 0.3) is 11.2 Å². The van der Waals surface area contributed by atoms with E-state index in [2.05, 4.69) is 51.0 Å². The molecule has 2 saturated heterocycles. The highest BCUT2D eigenvalue weighted by Gasteiger charge is 2.49. The number of carbonyl (C=O) groups excluding carboxylic acids is 2. The molecule has 4 heterocycles. The number of amides is 1. The number of carbonyl (C=O) groups is 2. The van der Waals surface area contributed by atoms with Crippen LogP contribution in [-0.4, -0.2) is 57.1 Å². The number of nitrogens with zero attached hydrogens (tertiary/aromatic N) is 5. The molecule has 3 aliphatic rings. The molecule has 11 nitrogen and oxygen atoms in total. The molecule has 43 heavy (non-hydrogen) atoms. The highest BCUT2D eigenvalue weighted by atomic mass is 127. The minimum atomic E-state index is -0.582. The molecule has 230 valence electrons. The number of rotatable bonds is 5. The van der Waals surface area contributed by atoms with Crippen LogP contribution in [-0.2, 0) is 32.0 Å². The first-order chi connectivity index (χ1) is 20.5. The summed E-state index contributed by atoms with van der Waals surface area (Å²) in [5.41, 5.74) is 3.65. The Balaban J connectivity index is 1.30. The summed E-state index contributed by atoms with van der Waals surface area (Å²) >= 11 is 2.18. The molecule has 2 fully saturated rings. The van der Waals surface area contributed by atoms with Crippen LogP contribution >= 0.6 is 22.6 Å². The van der Waals surface area contributed by atoms with Crippen molar-refractivity contribution in [3.8, 4) is 0 Å². The second-order valence-corrected chi connectivity index (χ2v) is 13.8. The third-order valence-electron chi connectivity index (χ3n) is 8.62. The van der Waals surface area contributed by atoms with Crippen molar-refractivity contribution in [1.82, 2.24) is 25.1 Å². The summed E-state index contributed by atoms with van der Waals surface area (Å²) in [5, 5.41) is 7.98. The number of benzene rings is 1. The number of hydrogen-bond acceptors (Lipinski definition) is 9. The molecule has 1 spiro atoms. The first-order valence-corrected chi connectivity index (χ1v) is 16.1. The number of anilines is 1. The quantitative estimate of drug-likeness (QED) is 0.268. The van der Waals surface area contributed by atoms with Gasteiger partial charge in [0.05, 0.1) is 6.04 Å². The normalized spacial score (nSPS) is 21.6. The lowest BCUT2D eigenvalue weighted by Gasteiger charge is -2.44. The SMILES string of the molecule is CC(=O)OCc1nc2c(I)nn(C3CCCCO3)c2nc1N1CCC2(CC1)Cc1ccccc1C2NC(=O)OC(C)(C)C. The molecule has 1 aromatic carbocycles. The van der Waals surface area contributed by atoms with Gasteiger partial charge in [-0.3, -0.25) is 4.79 Å². The number of aromatic nitrogens is 4. The van der Waals surface area contributed by atoms with Crippen molar-refractivity contribution in [2.75, 3.05) is 24.6 Å². The molecule has 1 N–H and O–H groups in total. The fourth-order valence-corrected chi connectivity index (χ4v) is 7.25. The van der Waals surface area contributed by atoms with E-state index in [1.165, 1.54) is 12.5 Å². The third-order valence-corrected chi connectivity index (χ3v) is 9.34. The Kier molecular flexibility index (Phi) is 8.26. The third kappa shape index (κ3) is 6.17. The van der Waals surface area contributed by atoms with E-state index in [4.69, 9.17) is 29.3 Å². The van der Waals surface area contributed by atoms with E-state index < -0.39 is 11.7 Å². The van der Waals surface area contributed by atoms with Crippen molar-refractivity contribution in [3.63, 3.8) is 0 Å². The smallest absolute Gasteiger partial charge is 0.408 e. The van der Waals surface area contributed by atoms with Gasteiger partial charge in [0.2, 0.25) is 0 Å². The van der Waals surface area contributed by atoms with Gasteiger partial charge in [0, 0.05) is 32.0 Å². The molecular weight excluding hydrogens is 663 g/mol. The first kappa shape index (κ1) is 30.0. The average Bonchev–Trinajstić information content (AvgIpc) is 3.45. The van der Waals surface area contributed by atoms with Crippen LogP contribution in [0.15, 0.2) is 24.3 Å². The van der Waals surface area contributed by atoms with E-state index in [0.29, 0.717) is 42.4 Å². The van der Waals surface area contributed by atoms with Gasteiger partial charge in [-0.2, -0.15) is 5.10 Å². The fourth-order valence-electron chi connectivity index (χ4n) is 6.65. The van der Waals surface area contributed by atoms with Crippen LogP contribution in [0.4, 0.5) is 10.6 Å². The Hall–Kier alpha value is -3.00. The minimum Gasteiger partial charge on any atom is -0.459 e. The van der Waals surface area contributed by atoms with Gasteiger partial charge in [0.25, 0.3) is 0 Å². The number of alkyl carbamates (subject to hydrolysis) is 1. The summed E-state index contributed by atoms with van der Waals surface area (Å²) in [4.78, 5) is 37.1. The molecular formula is C31H39IN6O5. The van der Waals surface area contributed by atoms with Crippen LogP contribution in [0, 0.1) is 9.12 Å². The van der Waals surface area contributed by atoms with Gasteiger partial charge in [-0.05, 0) is 93.0 Å². The molecule has 1 amide bonds. The summed E-state index contributed by atoms with van der Waals surface area (Å²) in [7, 11) is 0. The number of hydrogen-bond donors (Lipinski definition) is 1. The van der Waals surface area contributed by atoms with E-state index in [9.17, 15) is 9.59 Å². The van der Waals surface area contributed by atoms with Gasteiger partial charge in [-0.1, -0.05) is 24.3 Å². The highest BCUT2D eigenvalue weighted by Crippen LogP contribution is 2.52. The number of ether oxygens (including phenoxy) is 3. The fraction of sp³-hybridized carbons (Fsp3) is 0.581. The molecule has 2 aromatic heterocycles. The number of esters is 1. The summed E-state index contributed by atoms with van der Waals surface area (Å²) in [5.74, 6) is 0.329. The molecule has 2 unspecified atom stereocenters. The molecule has 3 aromatic rings. The molecule has 0 bridgehead atoms. The highest BCUT2D eigenvalue weighted by molar-refractivity contribution is 14.1. The van der Waals surface area contributed by atoms with Gasteiger partial charge in [0.15, 0.2) is 21.4 Å². The van der Waals surface area contributed by atoms with Gasteiger partial charge < -0.3 is 24.4 Å². The summed E-state index contributed by atoms with van der Waals surface area (Å²) in [6, 6.07) is 8.22. The van der Waals surface area contributed by atoms with Crippen molar-refractivity contribution in [2.45, 2.75) is 90.7 Å². The number of nitrogens with one attached hydrogen (secondary N) is 1. The van der Waals surface area contributed by atoms with Crippen molar-refractivity contribution >= 4 is 51.6 Å². The summed E-state index contributed by atoms with van der Waals surface area (Å²) < 4.78 is 19.7. The largest absolute Gasteiger partial charge is 0.459 e. The number of halogens is 1. The minimum absolute atomic E-state index is 0.0324. The monoisotopic (exact) mass is 702 g/mol. The first-order valence-electron chi connectivity index (χ1n) is 15.0. The standard InChI is InChI=1S/C31H39IN6O5/c1-19(39)42-18-22-27(35-28-24(33-22)26(32)36-38(28)23-11-7-8-16-41-23)37-14-12-31(13-15-37)17-20-9-5-6-10-21(20)25(31)34-29(40)43-30(2,3)4/h5-6,9-10,23,25H,7-8,11-18H2,1-4H3,(H,34,40). The van der Waals surface area contributed by atoms with Crippen LogP contribution < -0.4 is 10.2 Å². The van der Waals surface area contributed by atoms with Crippen LogP contribution in [0.3, 0.4) is 0 Å². The van der Waals surface area contributed by atoms with Gasteiger partial charge in [0.1, 0.15) is 23.4 Å². The average molecular weight is 703 g/mol. The molecule has 12 heteroatoms. The zero-order chi connectivity index (χ0) is 30.4. The van der Waals surface area contributed by atoms with E-state index >= 15 is 0 Å². The Bertz CT molecular complexity index is 1520. The number of piperidine rings is 1. The molecule has 2 atom stereocenters. The zero-order valence-corrected chi connectivity index (χ0v) is 27.3. The van der Waals surface area contributed by atoms with E-state index in [1.54, 1.807) is 0 Å². The van der Waals surface area contributed by atoms with Crippen molar-refractivity contribution in [2.24, 2.45) is 5.41 Å². The maximum atomic E-state index is 13.0. The summed E-state index contributed by atoms with van der Waals surface area (Å²) in [6.45, 7) is 9.17. The molecule has 0 radical (unpaired) electrons. The number of fused-ring (bicyclic) bond motifs is 2. The van der Waals surface area contributed by atoms with E-state index in [-0.39, 0.29) is 30.3 Å². The van der Waals surface area contributed by atoms with Crippen molar-refractivity contribution in [3.05, 3.63) is 44.8 Å². The zero-order valence-electron chi connectivity index (χ0n) is 25.2. The van der Waals surface area contributed by atoms with Gasteiger partial charge in [-0.25, -0.2) is 19.4 Å². The Morgan fingerprint density at radius 1 is 1.16 bits per heavy atom. The van der Waals surface area contributed by atoms with Crippen LogP contribution in [0.5, 0.6) is 0 Å². The Morgan fingerprint density at radius 2 is 1.93 bits per heavy atom. The Labute approximate surface area is 265 Å². The topological polar surface area (TPSA) is 121 Å². The molecule has 2 aliphatic heterocycles. The van der Waals surface area contributed by atoms with E-state index in [0.717, 1.165) is 47.8 Å². The maximum Gasteiger partial charge on any atom is 0.408 e. The lowest BCUT2D eigenvalue weighted by molar-refractivity contribution is -0.142. The van der Waals surface area contributed by atoms with Crippen LogP contribution in [0.1, 0.15) is 88.9 Å². The maximum absolute atomic E-state index is 13.0. The molecule has 0 saturated carbocycles. The van der Waals surface area contributed by atoms with Gasteiger partial charge in [-0.15, -0.1) is 0 Å². The summed E-state index contributed by atoms with van der Waals surface area (Å²) in [6.07, 6.45) is 4.95. The van der Waals surface area contributed by atoms with E-state index in [1.807, 2.05) is 31.5 Å². The predicted molar refractivity (Wildman–Crippen MR) is 168 cm³/mol. The second kappa shape index (κ2) is 11.8. The predicted octanol–water partition coefficient (Wildman–Crippen LogP) is 5.60. The van der Waals surface area contributed by atoms with Gasteiger partial charge >= 0.3 is 12.1 Å². The lowest BCUT2D eigenvalue weighted by atomic mass is 9.72. The molecule has 6 rings (SSSR count). The molecule has 1 aliphatic carbocycles. The van der Waals surface area contributed by atoms with Crippen LogP contribution in [0.2, 0.25) is 0 Å². The Morgan fingerprint density at radius 3 is 2.63 bits per heavy atom. The second-order valence-electron chi connectivity index (χ2n) is 12.8. The lowest BCUT2D eigenvalue weighted by Crippen LogP contribution is -2.48. The van der Waals surface area contributed by atoms with Crippen molar-refractivity contribution < 1.29 is 23.8 Å². The van der Waals surface area contributed by atoms with Crippen molar-refractivity contribution in [1.29, 1.82) is 0 Å².